The minimum atomic E-state index is 0.0590. The van der Waals surface area contributed by atoms with E-state index in [9.17, 15) is 0 Å². The highest BCUT2D eigenvalue weighted by atomic mass is 14.9. The Morgan fingerprint density at radius 1 is 1.62 bits per heavy atom. The van der Waals surface area contributed by atoms with Gasteiger partial charge in [0, 0.05) is 6.21 Å². The number of nitrogens with zero attached hydrogens (tertiary/aromatic N) is 1. The average Bonchev–Trinajstić information content (AvgIpc) is 2.21. The van der Waals surface area contributed by atoms with Crippen LogP contribution in [0.25, 0.3) is 0 Å². The molecule has 0 aliphatic heterocycles. The standard InChI is InChI=1S/C11H18N2/c1-5-6-13-9-8(2)7-11(3,4)10(9)12/h5-6,10H,1,7,12H2,2-4H3/t10-/m1/s1. The van der Waals surface area contributed by atoms with Crippen molar-refractivity contribution >= 4 is 6.21 Å². The van der Waals surface area contributed by atoms with Crippen molar-refractivity contribution in [3.05, 3.63) is 23.9 Å². The highest BCUT2D eigenvalue weighted by molar-refractivity contribution is 5.71. The molecule has 2 heteroatoms. The lowest BCUT2D eigenvalue weighted by atomic mass is 9.86. The second-order valence-corrected chi connectivity index (χ2v) is 4.32. The molecule has 72 valence electrons. The molecule has 1 aliphatic rings. The van der Waals surface area contributed by atoms with Crippen LogP contribution in [0.1, 0.15) is 27.2 Å². The Labute approximate surface area is 80.2 Å². The van der Waals surface area contributed by atoms with Crippen LogP contribution in [0.5, 0.6) is 0 Å². The van der Waals surface area contributed by atoms with Gasteiger partial charge in [0.25, 0.3) is 0 Å². The first kappa shape index (κ1) is 10.2. The molecule has 0 fully saturated rings. The average molecular weight is 178 g/mol. The van der Waals surface area contributed by atoms with Crippen molar-refractivity contribution in [1.82, 2.24) is 0 Å². The molecule has 0 bridgehead atoms. The number of hydrogen-bond acceptors (Lipinski definition) is 2. The molecular formula is C11H18N2. The summed E-state index contributed by atoms with van der Waals surface area (Å²) in [7, 11) is 0. The van der Waals surface area contributed by atoms with Crippen molar-refractivity contribution in [1.29, 1.82) is 0 Å². The van der Waals surface area contributed by atoms with Crippen LogP contribution < -0.4 is 5.73 Å². The predicted molar refractivity (Wildman–Crippen MR) is 57.8 cm³/mol. The van der Waals surface area contributed by atoms with Gasteiger partial charge in [-0.15, -0.1) is 0 Å². The van der Waals surface area contributed by atoms with Crippen molar-refractivity contribution in [2.75, 3.05) is 0 Å². The normalized spacial score (nSPS) is 27.2. The minimum Gasteiger partial charge on any atom is -0.322 e. The van der Waals surface area contributed by atoms with E-state index in [2.05, 4.69) is 32.3 Å². The first-order valence-corrected chi connectivity index (χ1v) is 4.59. The van der Waals surface area contributed by atoms with E-state index in [-0.39, 0.29) is 11.5 Å². The molecule has 0 saturated carbocycles. The van der Waals surface area contributed by atoms with Gasteiger partial charge in [0.05, 0.1) is 11.7 Å². The molecule has 2 nitrogen and oxygen atoms in total. The maximum Gasteiger partial charge on any atom is 0.0566 e. The molecule has 0 heterocycles. The molecule has 0 amide bonds. The monoisotopic (exact) mass is 178 g/mol. The predicted octanol–water partition coefficient (Wildman–Crippen LogP) is 2.27. The van der Waals surface area contributed by atoms with Gasteiger partial charge in [-0.1, -0.05) is 26.5 Å². The Bertz CT molecular complexity index is 272. The van der Waals surface area contributed by atoms with E-state index in [0.717, 1.165) is 12.1 Å². The fourth-order valence-corrected chi connectivity index (χ4v) is 1.84. The third-order valence-electron chi connectivity index (χ3n) is 2.61. The summed E-state index contributed by atoms with van der Waals surface area (Å²) in [4.78, 5) is 4.31. The third-order valence-corrected chi connectivity index (χ3v) is 2.61. The van der Waals surface area contributed by atoms with Crippen LogP contribution in [0.15, 0.2) is 28.9 Å². The summed E-state index contributed by atoms with van der Waals surface area (Å²) in [6.07, 6.45) is 4.43. The van der Waals surface area contributed by atoms with Crippen LogP contribution >= 0.6 is 0 Å². The fourth-order valence-electron chi connectivity index (χ4n) is 1.84. The van der Waals surface area contributed by atoms with Gasteiger partial charge in [0.2, 0.25) is 0 Å². The summed E-state index contributed by atoms with van der Waals surface area (Å²) >= 11 is 0. The van der Waals surface area contributed by atoms with Gasteiger partial charge in [-0.05, 0) is 24.3 Å². The third kappa shape index (κ3) is 1.89. The van der Waals surface area contributed by atoms with Gasteiger partial charge < -0.3 is 5.73 Å². The maximum atomic E-state index is 6.08. The smallest absolute Gasteiger partial charge is 0.0566 e. The zero-order valence-electron chi connectivity index (χ0n) is 8.67. The summed E-state index contributed by atoms with van der Waals surface area (Å²) in [5, 5.41) is 0. The van der Waals surface area contributed by atoms with Crippen molar-refractivity contribution in [3.63, 3.8) is 0 Å². The number of allylic oxidation sites excluding steroid dienone is 2. The van der Waals surface area contributed by atoms with Crippen molar-refractivity contribution in [2.45, 2.75) is 33.2 Å². The lowest BCUT2D eigenvalue weighted by molar-refractivity contribution is 0.340. The van der Waals surface area contributed by atoms with Gasteiger partial charge >= 0.3 is 0 Å². The molecule has 0 aromatic heterocycles. The van der Waals surface area contributed by atoms with Gasteiger partial charge in [-0.25, -0.2) is 0 Å². The highest BCUT2D eigenvalue weighted by Crippen LogP contribution is 2.40. The van der Waals surface area contributed by atoms with Crippen LogP contribution in [0, 0.1) is 5.41 Å². The van der Waals surface area contributed by atoms with Crippen molar-refractivity contribution in [2.24, 2.45) is 16.1 Å². The molecule has 1 aliphatic carbocycles. The number of aliphatic imine (C=N–C) groups is 1. The molecule has 0 saturated heterocycles. The fraction of sp³-hybridized carbons (Fsp3) is 0.545. The van der Waals surface area contributed by atoms with Gasteiger partial charge in [0.1, 0.15) is 0 Å². The molecule has 0 spiro atoms. The van der Waals surface area contributed by atoms with E-state index < -0.39 is 0 Å². The van der Waals surface area contributed by atoms with E-state index in [1.165, 1.54) is 5.57 Å². The Morgan fingerprint density at radius 3 is 2.62 bits per heavy atom. The van der Waals surface area contributed by atoms with E-state index >= 15 is 0 Å². The van der Waals surface area contributed by atoms with E-state index in [4.69, 9.17) is 5.73 Å². The lowest BCUT2D eigenvalue weighted by Gasteiger charge is -2.24. The molecular weight excluding hydrogens is 160 g/mol. The Morgan fingerprint density at radius 2 is 2.23 bits per heavy atom. The molecule has 1 atom stereocenters. The van der Waals surface area contributed by atoms with Gasteiger partial charge in [-0.2, -0.15) is 0 Å². The zero-order chi connectivity index (χ0) is 10.1. The van der Waals surface area contributed by atoms with E-state index in [1.807, 2.05) is 0 Å². The SMILES string of the molecule is C=CC=NC1=C(C)CC(C)(C)[C@@H]1N. The topological polar surface area (TPSA) is 38.4 Å². The number of nitrogens with two attached hydrogens (primary N) is 1. The molecule has 1 rings (SSSR count). The van der Waals surface area contributed by atoms with Crippen molar-refractivity contribution < 1.29 is 0 Å². The second kappa shape index (κ2) is 3.46. The number of rotatable bonds is 2. The first-order chi connectivity index (χ1) is 5.99. The first-order valence-electron chi connectivity index (χ1n) is 4.59. The van der Waals surface area contributed by atoms with Crippen LogP contribution in [0.2, 0.25) is 0 Å². The molecule has 0 unspecified atom stereocenters. The summed E-state index contributed by atoms with van der Waals surface area (Å²) < 4.78 is 0. The maximum absolute atomic E-state index is 6.08. The summed E-state index contributed by atoms with van der Waals surface area (Å²) in [5.74, 6) is 0. The molecule has 0 aromatic carbocycles. The second-order valence-electron chi connectivity index (χ2n) is 4.32. The minimum absolute atomic E-state index is 0.0590. The summed E-state index contributed by atoms with van der Waals surface area (Å²) in [5.41, 5.74) is 8.57. The largest absolute Gasteiger partial charge is 0.322 e. The Balaban J connectivity index is 2.90. The summed E-state index contributed by atoms with van der Waals surface area (Å²) in [6, 6.07) is 0.0590. The van der Waals surface area contributed by atoms with E-state index in [0.29, 0.717) is 0 Å². The quantitative estimate of drug-likeness (QED) is 0.647. The van der Waals surface area contributed by atoms with Crippen LogP contribution in [0.3, 0.4) is 0 Å². The molecule has 0 aromatic rings. The van der Waals surface area contributed by atoms with Gasteiger partial charge in [-0.3, -0.25) is 4.99 Å². The highest BCUT2D eigenvalue weighted by Gasteiger charge is 2.36. The molecule has 13 heavy (non-hydrogen) atoms. The lowest BCUT2D eigenvalue weighted by Crippen LogP contribution is -2.34. The molecule has 0 radical (unpaired) electrons. The van der Waals surface area contributed by atoms with Crippen LogP contribution in [-0.4, -0.2) is 12.3 Å². The summed E-state index contributed by atoms with van der Waals surface area (Å²) in [6.45, 7) is 10.1. The zero-order valence-corrected chi connectivity index (χ0v) is 8.67. The van der Waals surface area contributed by atoms with Crippen LogP contribution in [-0.2, 0) is 0 Å². The van der Waals surface area contributed by atoms with E-state index in [1.54, 1.807) is 12.3 Å². The Kier molecular flexibility index (Phi) is 2.71. The van der Waals surface area contributed by atoms with Crippen LogP contribution in [0.4, 0.5) is 0 Å². The van der Waals surface area contributed by atoms with Crippen molar-refractivity contribution in [3.8, 4) is 0 Å². The molecule has 2 N–H and O–H groups in total. The Hall–Kier alpha value is -0.890. The number of hydrogen-bond donors (Lipinski definition) is 1. The van der Waals surface area contributed by atoms with Gasteiger partial charge in [0.15, 0.2) is 0 Å².